The maximum absolute atomic E-state index is 11.6. The molecule has 0 radical (unpaired) electrons. The average Bonchev–Trinajstić information content (AvgIpc) is 2.64. The molecule has 1 unspecified atom stereocenters. The van der Waals surface area contributed by atoms with Gasteiger partial charge in [-0.05, 0) is 13.8 Å². The Kier molecular flexibility index (Phi) is 4.04. The van der Waals surface area contributed by atoms with E-state index in [4.69, 9.17) is 4.52 Å². The first kappa shape index (κ1) is 12.2. The van der Waals surface area contributed by atoms with Crippen molar-refractivity contribution in [1.29, 1.82) is 0 Å². The summed E-state index contributed by atoms with van der Waals surface area (Å²) in [5.74, 6) is -0.178. The number of aryl methyl sites for hydroxylation is 1. The van der Waals surface area contributed by atoms with Gasteiger partial charge in [-0.15, -0.1) is 0 Å². The van der Waals surface area contributed by atoms with Crippen molar-refractivity contribution in [3.63, 3.8) is 0 Å². The maximum atomic E-state index is 11.6. The van der Waals surface area contributed by atoms with Gasteiger partial charge in [-0.1, -0.05) is 5.16 Å². The third-order valence-corrected chi connectivity index (χ3v) is 1.94. The van der Waals surface area contributed by atoms with Crippen LogP contribution < -0.4 is 5.32 Å². The lowest BCUT2D eigenvalue weighted by molar-refractivity contribution is -0.141. The molecule has 0 aliphatic rings. The molecule has 1 N–H and O–H groups in total. The smallest absolute Gasteiger partial charge is 0.307 e. The molecule has 0 fully saturated rings. The minimum Gasteiger partial charge on any atom is -0.469 e. The molecule has 6 nitrogen and oxygen atoms in total. The Morgan fingerprint density at radius 2 is 2.31 bits per heavy atom. The average molecular weight is 226 g/mol. The highest BCUT2D eigenvalue weighted by Gasteiger charge is 2.15. The maximum Gasteiger partial charge on any atom is 0.307 e. The van der Waals surface area contributed by atoms with Gasteiger partial charge in [0.1, 0.15) is 5.76 Å². The highest BCUT2D eigenvalue weighted by atomic mass is 16.5. The van der Waals surface area contributed by atoms with Crippen LogP contribution in [0, 0.1) is 6.92 Å². The topological polar surface area (TPSA) is 81.4 Å². The molecule has 1 amide bonds. The van der Waals surface area contributed by atoms with Crippen LogP contribution >= 0.6 is 0 Å². The van der Waals surface area contributed by atoms with Crippen LogP contribution in [0.5, 0.6) is 0 Å². The number of methoxy groups -OCH3 is 1. The standard InChI is InChI=1S/C10H14N2O4/c1-6(4-9(13)15-3)11-10(14)8-5-7(2)16-12-8/h5-6H,4H2,1-3H3,(H,11,14). The van der Waals surface area contributed by atoms with Gasteiger partial charge >= 0.3 is 5.97 Å². The molecule has 88 valence electrons. The summed E-state index contributed by atoms with van der Waals surface area (Å²) in [5.41, 5.74) is 0.203. The number of carbonyl (C=O) groups excluding carboxylic acids is 2. The summed E-state index contributed by atoms with van der Waals surface area (Å²) < 4.78 is 9.25. The first-order chi connectivity index (χ1) is 7.52. The Bertz CT molecular complexity index is 386. The molecular weight excluding hydrogens is 212 g/mol. The van der Waals surface area contributed by atoms with E-state index in [1.54, 1.807) is 13.8 Å². The van der Waals surface area contributed by atoms with Crippen LogP contribution in [0.15, 0.2) is 10.6 Å². The molecule has 0 bridgehead atoms. The van der Waals surface area contributed by atoms with Crippen molar-refractivity contribution in [3.8, 4) is 0 Å². The van der Waals surface area contributed by atoms with Crippen molar-refractivity contribution >= 4 is 11.9 Å². The van der Waals surface area contributed by atoms with Crippen LogP contribution in [-0.4, -0.2) is 30.2 Å². The van der Waals surface area contributed by atoms with Gasteiger partial charge in [0.25, 0.3) is 5.91 Å². The van der Waals surface area contributed by atoms with Crippen LogP contribution in [0.2, 0.25) is 0 Å². The molecule has 1 aromatic rings. The zero-order chi connectivity index (χ0) is 12.1. The van der Waals surface area contributed by atoms with E-state index in [-0.39, 0.29) is 30.0 Å². The Morgan fingerprint density at radius 3 is 2.81 bits per heavy atom. The molecular formula is C10H14N2O4. The van der Waals surface area contributed by atoms with Gasteiger partial charge in [0.15, 0.2) is 5.69 Å². The SMILES string of the molecule is COC(=O)CC(C)NC(=O)c1cc(C)on1. The number of hydrogen-bond acceptors (Lipinski definition) is 5. The van der Waals surface area contributed by atoms with Crippen molar-refractivity contribution in [2.75, 3.05) is 7.11 Å². The summed E-state index contributed by atoms with van der Waals surface area (Å²) in [6, 6.07) is 1.22. The van der Waals surface area contributed by atoms with Crippen molar-refractivity contribution in [1.82, 2.24) is 10.5 Å². The summed E-state index contributed by atoms with van der Waals surface area (Å²) in [4.78, 5) is 22.5. The molecule has 0 saturated heterocycles. The first-order valence-electron chi connectivity index (χ1n) is 4.84. The monoisotopic (exact) mass is 226 g/mol. The van der Waals surface area contributed by atoms with E-state index in [0.29, 0.717) is 5.76 Å². The Morgan fingerprint density at radius 1 is 1.62 bits per heavy atom. The molecule has 6 heteroatoms. The molecule has 0 aromatic carbocycles. The van der Waals surface area contributed by atoms with Crippen LogP contribution in [0.4, 0.5) is 0 Å². The predicted octanol–water partition coefficient (Wildman–Crippen LogP) is 0.664. The van der Waals surface area contributed by atoms with Crippen LogP contribution in [0.1, 0.15) is 29.6 Å². The minimum atomic E-state index is -0.371. The van der Waals surface area contributed by atoms with Crippen molar-refractivity contribution in [2.45, 2.75) is 26.3 Å². The van der Waals surface area contributed by atoms with Gasteiger partial charge in [-0.25, -0.2) is 0 Å². The van der Waals surface area contributed by atoms with Crippen LogP contribution in [-0.2, 0) is 9.53 Å². The van der Waals surface area contributed by atoms with Crippen molar-refractivity contribution < 1.29 is 18.8 Å². The number of rotatable bonds is 4. The Labute approximate surface area is 92.9 Å². The van der Waals surface area contributed by atoms with Gasteiger partial charge < -0.3 is 14.6 Å². The number of hydrogen-bond donors (Lipinski definition) is 1. The van der Waals surface area contributed by atoms with Crippen molar-refractivity contribution in [2.24, 2.45) is 0 Å². The van der Waals surface area contributed by atoms with Gasteiger partial charge in [-0.2, -0.15) is 0 Å². The third-order valence-electron chi connectivity index (χ3n) is 1.94. The van der Waals surface area contributed by atoms with Gasteiger partial charge in [0, 0.05) is 12.1 Å². The number of ether oxygens (including phenoxy) is 1. The molecule has 0 spiro atoms. The number of carbonyl (C=O) groups is 2. The van der Waals surface area contributed by atoms with E-state index in [2.05, 4.69) is 15.2 Å². The number of esters is 1. The zero-order valence-electron chi connectivity index (χ0n) is 9.44. The van der Waals surface area contributed by atoms with Gasteiger partial charge in [0.2, 0.25) is 0 Å². The summed E-state index contributed by atoms with van der Waals surface area (Å²) in [7, 11) is 1.30. The fourth-order valence-electron chi connectivity index (χ4n) is 1.16. The van der Waals surface area contributed by atoms with E-state index in [0.717, 1.165) is 0 Å². The third kappa shape index (κ3) is 3.38. The molecule has 0 aliphatic heterocycles. The second-order valence-corrected chi connectivity index (χ2v) is 3.48. The zero-order valence-corrected chi connectivity index (χ0v) is 9.44. The summed E-state index contributed by atoms with van der Waals surface area (Å²) >= 11 is 0. The largest absolute Gasteiger partial charge is 0.469 e. The summed E-state index contributed by atoms with van der Waals surface area (Å²) in [5, 5.41) is 6.18. The van der Waals surface area contributed by atoms with Crippen LogP contribution in [0.3, 0.4) is 0 Å². The molecule has 1 atom stereocenters. The quantitative estimate of drug-likeness (QED) is 0.763. The lowest BCUT2D eigenvalue weighted by Gasteiger charge is -2.10. The minimum absolute atomic E-state index is 0.124. The fraction of sp³-hybridized carbons (Fsp3) is 0.500. The van der Waals surface area contributed by atoms with Crippen molar-refractivity contribution in [3.05, 3.63) is 17.5 Å². The Balaban J connectivity index is 2.48. The predicted molar refractivity (Wildman–Crippen MR) is 54.8 cm³/mol. The normalized spacial score (nSPS) is 11.9. The Hall–Kier alpha value is -1.85. The second-order valence-electron chi connectivity index (χ2n) is 3.48. The number of nitrogens with zero attached hydrogens (tertiary/aromatic N) is 1. The highest BCUT2D eigenvalue weighted by Crippen LogP contribution is 2.02. The number of amides is 1. The molecule has 1 aromatic heterocycles. The van der Waals surface area contributed by atoms with E-state index in [1.807, 2.05) is 0 Å². The summed E-state index contributed by atoms with van der Waals surface area (Å²) in [6.45, 7) is 3.41. The van der Waals surface area contributed by atoms with E-state index >= 15 is 0 Å². The second kappa shape index (κ2) is 5.29. The van der Waals surface area contributed by atoms with Gasteiger partial charge in [-0.3, -0.25) is 9.59 Å². The van der Waals surface area contributed by atoms with Gasteiger partial charge in [0.05, 0.1) is 13.5 Å². The molecule has 0 saturated carbocycles. The van der Waals surface area contributed by atoms with E-state index in [9.17, 15) is 9.59 Å². The number of aromatic nitrogens is 1. The molecule has 0 aliphatic carbocycles. The molecule has 16 heavy (non-hydrogen) atoms. The summed E-state index contributed by atoms with van der Waals surface area (Å²) in [6.07, 6.45) is 0.124. The fourth-order valence-corrected chi connectivity index (χ4v) is 1.16. The number of nitrogens with one attached hydrogen (secondary N) is 1. The molecule has 1 rings (SSSR count). The first-order valence-corrected chi connectivity index (χ1v) is 4.84. The lowest BCUT2D eigenvalue weighted by Crippen LogP contribution is -2.34. The lowest BCUT2D eigenvalue weighted by atomic mass is 10.2. The molecule has 1 heterocycles. The van der Waals surface area contributed by atoms with E-state index in [1.165, 1.54) is 13.2 Å². The van der Waals surface area contributed by atoms with E-state index < -0.39 is 0 Å². The van der Waals surface area contributed by atoms with Crippen LogP contribution in [0.25, 0.3) is 0 Å². The highest BCUT2D eigenvalue weighted by molar-refractivity contribution is 5.92.